The lowest BCUT2D eigenvalue weighted by atomic mass is 10.1. The van der Waals surface area contributed by atoms with Crippen molar-refractivity contribution in [2.45, 2.75) is 72.0 Å². The summed E-state index contributed by atoms with van der Waals surface area (Å²) in [7, 11) is 0. The molecule has 0 amide bonds. The smallest absolute Gasteiger partial charge is 0.0841 e. The molecule has 2 aromatic rings. The van der Waals surface area contributed by atoms with Crippen LogP contribution < -0.4 is 5.32 Å². The van der Waals surface area contributed by atoms with Gasteiger partial charge in [-0.05, 0) is 33.3 Å². The quantitative estimate of drug-likeness (QED) is 0.760. The van der Waals surface area contributed by atoms with Crippen molar-refractivity contribution in [1.29, 1.82) is 0 Å². The van der Waals surface area contributed by atoms with Crippen molar-refractivity contribution < 1.29 is 0 Å². The molecule has 3 nitrogen and oxygen atoms in total. The van der Waals surface area contributed by atoms with Crippen LogP contribution in [0.4, 0.5) is 0 Å². The number of nitrogens with zero attached hydrogens (tertiary/aromatic N) is 2. The number of rotatable bonds is 7. The molecule has 1 N–H and O–H groups in total. The maximum Gasteiger partial charge on any atom is 0.0841 e. The number of fused-ring (bicyclic) bond motifs is 1. The van der Waals surface area contributed by atoms with E-state index in [1.165, 1.54) is 36.6 Å². The second kappa shape index (κ2) is 7.08. The van der Waals surface area contributed by atoms with E-state index < -0.39 is 0 Å². The molecule has 21 heavy (non-hydrogen) atoms. The minimum atomic E-state index is 0.117. The van der Waals surface area contributed by atoms with Gasteiger partial charge >= 0.3 is 0 Å². The zero-order valence-electron chi connectivity index (χ0n) is 13.9. The van der Waals surface area contributed by atoms with Crippen molar-refractivity contribution in [2.75, 3.05) is 0 Å². The Hall–Kier alpha value is -1.35. The first-order valence-electron chi connectivity index (χ1n) is 8.21. The van der Waals surface area contributed by atoms with Crippen LogP contribution in [0.3, 0.4) is 0 Å². The van der Waals surface area contributed by atoms with E-state index in [9.17, 15) is 0 Å². The number of benzene rings is 1. The molecule has 2 rings (SSSR count). The van der Waals surface area contributed by atoms with Crippen molar-refractivity contribution in [3.8, 4) is 0 Å². The highest BCUT2D eigenvalue weighted by molar-refractivity contribution is 5.81. The number of hydrogen-bond acceptors (Lipinski definition) is 2. The molecule has 0 radical (unpaired) electrons. The van der Waals surface area contributed by atoms with E-state index in [-0.39, 0.29) is 5.54 Å². The van der Waals surface area contributed by atoms with Gasteiger partial charge in [-0.25, -0.2) is 0 Å². The van der Waals surface area contributed by atoms with Crippen molar-refractivity contribution in [3.05, 3.63) is 30.0 Å². The highest BCUT2D eigenvalue weighted by Crippen LogP contribution is 2.19. The van der Waals surface area contributed by atoms with Gasteiger partial charge in [0.15, 0.2) is 0 Å². The molecule has 0 fully saturated rings. The van der Waals surface area contributed by atoms with Gasteiger partial charge in [-0.2, -0.15) is 5.10 Å². The maximum atomic E-state index is 4.84. The largest absolute Gasteiger partial charge is 0.306 e. The van der Waals surface area contributed by atoms with E-state index in [0.717, 1.165) is 18.8 Å². The van der Waals surface area contributed by atoms with Crippen LogP contribution in [0.5, 0.6) is 0 Å². The molecule has 0 saturated heterocycles. The van der Waals surface area contributed by atoms with Crippen LogP contribution in [0.15, 0.2) is 24.3 Å². The second-order valence-electron chi connectivity index (χ2n) is 6.85. The minimum absolute atomic E-state index is 0.117. The second-order valence-corrected chi connectivity index (χ2v) is 6.85. The summed E-state index contributed by atoms with van der Waals surface area (Å²) >= 11 is 0. The van der Waals surface area contributed by atoms with E-state index in [2.05, 4.69) is 62.0 Å². The fourth-order valence-electron chi connectivity index (χ4n) is 2.53. The number of aryl methyl sites for hydroxylation is 1. The Balaban J connectivity index is 2.14. The molecule has 3 heteroatoms. The van der Waals surface area contributed by atoms with E-state index >= 15 is 0 Å². The first kappa shape index (κ1) is 16.0. The highest BCUT2D eigenvalue weighted by atomic mass is 15.3. The van der Waals surface area contributed by atoms with Crippen LogP contribution in [0, 0.1) is 0 Å². The molecule has 1 aromatic carbocycles. The molecule has 0 aliphatic carbocycles. The molecule has 0 saturated carbocycles. The SMILES string of the molecule is CCCCCCn1nc(CNC(C)(C)C)c2ccccc21. The van der Waals surface area contributed by atoms with Gasteiger partial charge in [0.1, 0.15) is 0 Å². The van der Waals surface area contributed by atoms with Crippen molar-refractivity contribution in [2.24, 2.45) is 0 Å². The normalized spacial score (nSPS) is 12.2. The number of aromatic nitrogens is 2. The lowest BCUT2D eigenvalue weighted by Crippen LogP contribution is -2.35. The number of nitrogens with one attached hydrogen (secondary N) is 1. The summed E-state index contributed by atoms with van der Waals surface area (Å²) in [5, 5.41) is 9.67. The Labute approximate surface area is 128 Å². The predicted molar refractivity (Wildman–Crippen MR) is 90.5 cm³/mol. The number of unbranched alkanes of at least 4 members (excludes halogenated alkanes) is 3. The van der Waals surface area contributed by atoms with Gasteiger partial charge in [0.2, 0.25) is 0 Å². The lowest BCUT2D eigenvalue weighted by Gasteiger charge is -2.19. The van der Waals surface area contributed by atoms with Gasteiger partial charge in [-0.1, -0.05) is 44.4 Å². The predicted octanol–water partition coefficient (Wildman–Crippen LogP) is 4.50. The fourth-order valence-corrected chi connectivity index (χ4v) is 2.53. The Kier molecular flexibility index (Phi) is 5.40. The molecular formula is C18H29N3. The van der Waals surface area contributed by atoms with E-state index in [4.69, 9.17) is 5.10 Å². The molecule has 0 aliphatic rings. The lowest BCUT2D eigenvalue weighted by molar-refractivity contribution is 0.419. The summed E-state index contributed by atoms with van der Waals surface area (Å²) < 4.78 is 2.19. The van der Waals surface area contributed by atoms with Crippen LogP contribution in [0.2, 0.25) is 0 Å². The van der Waals surface area contributed by atoms with Gasteiger partial charge in [-0.3, -0.25) is 4.68 Å². The van der Waals surface area contributed by atoms with Crippen LogP contribution in [-0.2, 0) is 13.1 Å². The average Bonchev–Trinajstić information content (AvgIpc) is 2.79. The van der Waals surface area contributed by atoms with E-state index in [1.54, 1.807) is 0 Å². The summed E-state index contributed by atoms with van der Waals surface area (Å²) in [5.74, 6) is 0. The first-order chi connectivity index (χ1) is 10.0. The summed E-state index contributed by atoms with van der Waals surface area (Å²) in [6.45, 7) is 10.7. The number of hydrogen-bond donors (Lipinski definition) is 1. The fraction of sp³-hybridized carbons (Fsp3) is 0.611. The Morgan fingerprint density at radius 1 is 1.10 bits per heavy atom. The standard InChI is InChI=1S/C18H29N3/c1-5-6-7-10-13-21-17-12-9-8-11-15(17)16(20-21)14-19-18(2,3)4/h8-9,11-12,19H,5-7,10,13-14H2,1-4H3. The molecule has 0 bridgehead atoms. The molecule has 116 valence electrons. The van der Waals surface area contributed by atoms with Crippen molar-refractivity contribution in [1.82, 2.24) is 15.1 Å². The third kappa shape index (κ3) is 4.57. The monoisotopic (exact) mass is 287 g/mol. The zero-order chi connectivity index (χ0) is 15.3. The molecule has 1 aromatic heterocycles. The molecule has 0 unspecified atom stereocenters. The molecular weight excluding hydrogens is 258 g/mol. The summed E-state index contributed by atoms with van der Waals surface area (Å²) in [6, 6.07) is 8.58. The topological polar surface area (TPSA) is 29.9 Å². The first-order valence-corrected chi connectivity index (χ1v) is 8.21. The third-order valence-electron chi connectivity index (χ3n) is 3.74. The Bertz CT molecular complexity index is 563. The maximum absolute atomic E-state index is 4.84. The van der Waals surface area contributed by atoms with Gasteiger partial charge in [-0.15, -0.1) is 0 Å². The zero-order valence-corrected chi connectivity index (χ0v) is 13.9. The van der Waals surface area contributed by atoms with Crippen molar-refractivity contribution in [3.63, 3.8) is 0 Å². The van der Waals surface area contributed by atoms with Crippen molar-refractivity contribution >= 4 is 10.9 Å². The van der Waals surface area contributed by atoms with Crippen LogP contribution in [0.25, 0.3) is 10.9 Å². The van der Waals surface area contributed by atoms with Gasteiger partial charge < -0.3 is 5.32 Å². The molecule has 0 spiro atoms. The summed E-state index contributed by atoms with van der Waals surface area (Å²) in [6.07, 6.45) is 5.10. The van der Waals surface area contributed by atoms with Gasteiger partial charge in [0.05, 0.1) is 11.2 Å². The number of para-hydroxylation sites is 1. The molecule has 0 aliphatic heterocycles. The average molecular weight is 287 g/mol. The molecule has 1 heterocycles. The van der Waals surface area contributed by atoms with E-state index in [0.29, 0.717) is 0 Å². The minimum Gasteiger partial charge on any atom is -0.306 e. The third-order valence-corrected chi connectivity index (χ3v) is 3.74. The van der Waals surface area contributed by atoms with Crippen LogP contribution in [-0.4, -0.2) is 15.3 Å². The van der Waals surface area contributed by atoms with Crippen LogP contribution >= 0.6 is 0 Å². The summed E-state index contributed by atoms with van der Waals surface area (Å²) in [5.41, 5.74) is 2.54. The summed E-state index contributed by atoms with van der Waals surface area (Å²) in [4.78, 5) is 0. The van der Waals surface area contributed by atoms with Crippen LogP contribution in [0.1, 0.15) is 59.1 Å². The van der Waals surface area contributed by atoms with Gasteiger partial charge in [0, 0.05) is 24.0 Å². The highest BCUT2D eigenvalue weighted by Gasteiger charge is 2.13. The Morgan fingerprint density at radius 3 is 2.57 bits per heavy atom. The van der Waals surface area contributed by atoms with E-state index in [1.807, 2.05) is 0 Å². The Morgan fingerprint density at radius 2 is 1.86 bits per heavy atom. The van der Waals surface area contributed by atoms with Gasteiger partial charge in [0.25, 0.3) is 0 Å². The molecule has 0 atom stereocenters.